The fraction of sp³-hybridized carbons (Fsp3) is 0.500. The molecule has 1 amide bonds. The van der Waals surface area contributed by atoms with E-state index in [2.05, 4.69) is 12.0 Å². The van der Waals surface area contributed by atoms with E-state index in [0.29, 0.717) is 25.6 Å². The minimum absolute atomic E-state index is 0.114. The lowest BCUT2D eigenvalue weighted by Gasteiger charge is -2.19. The summed E-state index contributed by atoms with van der Waals surface area (Å²) < 4.78 is 5.65. The molecule has 0 saturated heterocycles. The van der Waals surface area contributed by atoms with Gasteiger partial charge in [0.05, 0.1) is 31.4 Å². The maximum atomic E-state index is 11.9. The van der Waals surface area contributed by atoms with Crippen LogP contribution in [0.3, 0.4) is 0 Å². The highest BCUT2D eigenvalue weighted by atomic mass is 16.5. The molecule has 20 heavy (non-hydrogen) atoms. The van der Waals surface area contributed by atoms with Crippen LogP contribution in [0.15, 0.2) is 35.4 Å². The first kappa shape index (κ1) is 13.3. The number of rotatable bonds is 6. The SMILES string of the molecule is CC(C1CC1)N1N=C(COCc2ccccc2)CC1=O. The van der Waals surface area contributed by atoms with E-state index in [1.807, 2.05) is 30.3 Å². The van der Waals surface area contributed by atoms with Gasteiger partial charge in [-0.3, -0.25) is 4.79 Å². The predicted octanol–water partition coefficient (Wildman–Crippen LogP) is 2.59. The van der Waals surface area contributed by atoms with E-state index in [0.717, 1.165) is 11.3 Å². The number of nitrogens with zero attached hydrogens (tertiary/aromatic N) is 2. The average molecular weight is 272 g/mol. The maximum absolute atomic E-state index is 11.9. The molecule has 1 saturated carbocycles. The Morgan fingerprint density at radius 2 is 2.05 bits per heavy atom. The molecule has 0 N–H and O–H groups in total. The van der Waals surface area contributed by atoms with Crippen molar-refractivity contribution in [2.45, 2.75) is 38.8 Å². The fourth-order valence-corrected chi connectivity index (χ4v) is 2.54. The maximum Gasteiger partial charge on any atom is 0.248 e. The summed E-state index contributed by atoms with van der Waals surface area (Å²) >= 11 is 0. The zero-order chi connectivity index (χ0) is 13.9. The van der Waals surface area contributed by atoms with Crippen molar-refractivity contribution in [2.75, 3.05) is 6.61 Å². The molecule has 1 fully saturated rings. The van der Waals surface area contributed by atoms with Crippen LogP contribution in [-0.2, 0) is 16.1 Å². The van der Waals surface area contributed by atoms with Crippen LogP contribution >= 0.6 is 0 Å². The molecule has 4 nitrogen and oxygen atoms in total. The second-order valence-corrected chi connectivity index (χ2v) is 5.64. The van der Waals surface area contributed by atoms with E-state index < -0.39 is 0 Å². The van der Waals surface area contributed by atoms with Gasteiger partial charge in [0.15, 0.2) is 0 Å². The molecule has 1 heterocycles. The first-order chi connectivity index (χ1) is 9.74. The predicted molar refractivity (Wildman–Crippen MR) is 77.2 cm³/mol. The first-order valence-corrected chi connectivity index (χ1v) is 7.24. The lowest BCUT2D eigenvalue weighted by molar-refractivity contribution is -0.130. The number of carbonyl (C=O) groups is 1. The van der Waals surface area contributed by atoms with Crippen molar-refractivity contribution in [1.82, 2.24) is 5.01 Å². The Bertz CT molecular complexity index is 508. The number of hydrazone groups is 1. The summed E-state index contributed by atoms with van der Waals surface area (Å²) in [4.78, 5) is 11.9. The lowest BCUT2D eigenvalue weighted by atomic mass is 10.2. The van der Waals surface area contributed by atoms with Gasteiger partial charge < -0.3 is 4.74 Å². The van der Waals surface area contributed by atoms with Crippen LogP contribution in [0.5, 0.6) is 0 Å². The monoisotopic (exact) mass is 272 g/mol. The van der Waals surface area contributed by atoms with Gasteiger partial charge >= 0.3 is 0 Å². The Morgan fingerprint density at radius 3 is 2.75 bits per heavy atom. The highest BCUT2D eigenvalue weighted by Gasteiger charge is 2.37. The van der Waals surface area contributed by atoms with Crippen molar-refractivity contribution >= 4 is 11.6 Å². The number of benzene rings is 1. The molecule has 1 aromatic carbocycles. The number of hydrogen-bond donors (Lipinski definition) is 0. The summed E-state index contributed by atoms with van der Waals surface area (Å²) in [6.07, 6.45) is 2.85. The quantitative estimate of drug-likeness (QED) is 0.798. The molecule has 3 rings (SSSR count). The number of amides is 1. The third kappa shape index (κ3) is 3.07. The number of hydrogen-bond acceptors (Lipinski definition) is 3. The van der Waals surface area contributed by atoms with E-state index in [9.17, 15) is 4.79 Å². The van der Waals surface area contributed by atoms with E-state index in [-0.39, 0.29) is 11.9 Å². The van der Waals surface area contributed by atoms with Crippen molar-refractivity contribution in [2.24, 2.45) is 11.0 Å². The van der Waals surface area contributed by atoms with Gasteiger partial charge in [0.25, 0.3) is 0 Å². The molecule has 0 radical (unpaired) electrons. The molecular formula is C16H20N2O2. The number of ether oxygens (including phenoxy) is 1. The van der Waals surface area contributed by atoms with Gasteiger partial charge in [0.2, 0.25) is 5.91 Å². The summed E-state index contributed by atoms with van der Waals surface area (Å²) in [5.74, 6) is 0.759. The minimum Gasteiger partial charge on any atom is -0.371 e. The van der Waals surface area contributed by atoms with Gasteiger partial charge in [-0.05, 0) is 31.2 Å². The molecule has 1 aliphatic carbocycles. The zero-order valence-corrected chi connectivity index (χ0v) is 11.8. The van der Waals surface area contributed by atoms with Crippen molar-refractivity contribution in [1.29, 1.82) is 0 Å². The normalized spacial score (nSPS) is 20.1. The summed E-state index contributed by atoms with van der Waals surface area (Å²) in [6, 6.07) is 10.3. The second-order valence-electron chi connectivity index (χ2n) is 5.64. The van der Waals surface area contributed by atoms with Gasteiger partial charge in [-0.15, -0.1) is 0 Å². The Hall–Kier alpha value is -1.68. The van der Waals surface area contributed by atoms with Crippen LogP contribution in [-0.4, -0.2) is 29.3 Å². The highest BCUT2D eigenvalue weighted by Crippen LogP contribution is 2.36. The lowest BCUT2D eigenvalue weighted by Crippen LogP contribution is -2.32. The number of carbonyl (C=O) groups excluding carboxylic acids is 1. The van der Waals surface area contributed by atoms with Gasteiger partial charge in [-0.1, -0.05) is 30.3 Å². The molecular weight excluding hydrogens is 252 g/mol. The molecule has 4 heteroatoms. The van der Waals surface area contributed by atoms with Gasteiger partial charge in [-0.25, -0.2) is 5.01 Å². The second kappa shape index (κ2) is 5.75. The molecule has 2 aliphatic rings. The topological polar surface area (TPSA) is 41.9 Å². The highest BCUT2D eigenvalue weighted by molar-refractivity contribution is 6.05. The zero-order valence-electron chi connectivity index (χ0n) is 11.8. The molecule has 1 unspecified atom stereocenters. The summed E-state index contributed by atoms with van der Waals surface area (Å²) in [7, 11) is 0. The van der Waals surface area contributed by atoms with Crippen molar-refractivity contribution < 1.29 is 9.53 Å². The smallest absolute Gasteiger partial charge is 0.248 e. The van der Waals surface area contributed by atoms with E-state index in [4.69, 9.17) is 4.74 Å². The Labute approximate surface area is 119 Å². The molecule has 0 aromatic heterocycles. The molecule has 1 aliphatic heterocycles. The van der Waals surface area contributed by atoms with Crippen LogP contribution in [0, 0.1) is 5.92 Å². The van der Waals surface area contributed by atoms with Crippen molar-refractivity contribution in [3.05, 3.63) is 35.9 Å². The molecule has 1 aromatic rings. The van der Waals surface area contributed by atoms with Crippen LogP contribution in [0.4, 0.5) is 0 Å². The summed E-state index contributed by atoms with van der Waals surface area (Å²) in [5, 5.41) is 6.10. The van der Waals surface area contributed by atoms with Crippen LogP contribution in [0.2, 0.25) is 0 Å². The fourth-order valence-electron chi connectivity index (χ4n) is 2.54. The largest absolute Gasteiger partial charge is 0.371 e. The molecule has 1 atom stereocenters. The van der Waals surface area contributed by atoms with E-state index >= 15 is 0 Å². The molecule has 0 bridgehead atoms. The van der Waals surface area contributed by atoms with Crippen molar-refractivity contribution in [3.63, 3.8) is 0 Å². The van der Waals surface area contributed by atoms with Crippen LogP contribution in [0.25, 0.3) is 0 Å². The van der Waals surface area contributed by atoms with Gasteiger partial charge in [-0.2, -0.15) is 5.10 Å². The Kier molecular flexibility index (Phi) is 3.83. The average Bonchev–Trinajstić information content (AvgIpc) is 3.24. The third-order valence-electron chi connectivity index (χ3n) is 3.93. The van der Waals surface area contributed by atoms with Gasteiger partial charge in [0.1, 0.15) is 0 Å². The van der Waals surface area contributed by atoms with Crippen LogP contribution < -0.4 is 0 Å². The van der Waals surface area contributed by atoms with E-state index in [1.54, 1.807) is 5.01 Å². The molecule has 106 valence electrons. The van der Waals surface area contributed by atoms with Gasteiger partial charge in [0, 0.05) is 0 Å². The van der Waals surface area contributed by atoms with Crippen molar-refractivity contribution in [3.8, 4) is 0 Å². The summed E-state index contributed by atoms with van der Waals surface area (Å²) in [6.45, 7) is 3.09. The first-order valence-electron chi connectivity index (χ1n) is 7.24. The van der Waals surface area contributed by atoms with Crippen LogP contribution in [0.1, 0.15) is 31.7 Å². The Balaban J connectivity index is 1.50. The summed E-state index contributed by atoms with van der Waals surface area (Å²) in [5.41, 5.74) is 1.99. The minimum atomic E-state index is 0.114. The molecule has 0 spiro atoms. The Morgan fingerprint density at radius 1 is 1.30 bits per heavy atom. The van der Waals surface area contributed by atoms with E-state index in [1.165, 1.54) is 12.8 Å². The standard InChI is InChI=1S/C16H20N2O2/c1-12(14-7-8-14)18-16(19)9-15(17-18)11-20-10-13-5-3-2-4-6-13/h2-6,12,14H,7-11H2,1H3. The third-order valence-corrected chi connectivity index (χ3v) is 3.93.